The Balaban J connectivity index is 1.56. The van der Waals surface area contributed by atoms with E-state index >= 15 is 0 Å². The minimum Gasteiger partial charge on any atom is -0.478 e. The van der Waals surface area contributed by atoms with Gasteiger partial charge in [-0.2, -0.15) is 0 Å². The molecule has 12 atom stereocenters. The first-order valence-electron chi connectivity index (χ1n) is 16.8. The van der Waals surface area contributed by atoms with Gasteiger partial charge in [0, 0.05) is 26.3 Å². The number of carboxylic acids is 1. The lowest BCUT2D eigenvalue weighted by Crippen LogP contribution is -2.67. The van der Waals surface area contributed by atoms with Gasteiger partial charge in [0.25, 0.3) is 5.72 Å². The largest absolute Gasteiger partial charge is 0.478 e. The summed E-state index contributed by atoms with van der Waals surface area (Å²) in [4.78, 5) is 51.2. The Morgan fingerprint density at radius 3 is 2.32 bits per heavy atom. The second-order valence-electron chi connectivity index (χ2n) is 13.0. The van der Waals surface area contributed by atoms with Gasteiger partial charge in [0.05, 0.1) is 49.8 Å². The van der Waals surface area contributed by atoms with Crippen LogP contribution in [0, 0.1) is 0 Å². The molecule has 21 heteroatoms. The molecule has 0 aliphatic carbocycles. The fraction of sp³-hybridized carbons (Fsp3) is 0.625. The quantitative estimate of drug-likeness (QED) is 0.0759. The number of hydrogen-bond donors (Lipinski definition) is 12. The first kappa shape index (κ1) is 41.6. The molecule has 0 unspecified atom stereocenters. The van der Waals surface area contributed by atoms with Gasteiger partial charge in [-0.15, -0.1) is 5.10 Å². The molecule has 2 fully saturated rings. The van der Waals surface area contributed by atoms with Gasteiger partial charge < -0.3 is 71.4 Å². The van der Waals surface area contributed by atoms with Crippen molar-refractivity contribution in [3.05, 3.63) is 47.8 Å². The molecule has 2 aliphatic rings. The van der Waals surface area contributed by atoms with Gasteiger partial charge in [0.1, 0.15) is 48.8 Å². The number of aliphatic carboxylic acids is 1. The fourth-order valence-corrected chi connectivity index (χ4v) is 6.27. The number of rotatable bonds is 16. The maximum absolute atomic E-state index is 13.5. The van der Waals surface area contributed by atoms with E-state index in [9.17, 15) is 65.1 Å². The number of aliphatic hydroxyl groups is 8. The van der Waals surface area contributed by atoms with E-state index in [1.165, 1.54) is 0 Å². The number of aromatic nitrogens is 3. The zero-order chi connectivity index (χ0) is 39.0. The molecule has 4 rings (SSSR count). The van der Waals surface area contributed by atoms with Crippen molar-refractivity contribution in [2.24, 2.45) is 0 Å². The molecule has 3 heterocycles. The van der Waals surface area contributed by atoms with Crippen molar-refractivity contribution in [3.8, 4) is 0 Å². The Morgan fingerprint density at radius 2 is 1.70 bits per heavy atom. The van der Waals surface area contributed by atoms with Gasteiger partial charge in [-0.3, -0.25) is 14.4 Å². The van der Waals surface area contributed by atoms with Crippen LogP contribution in [-0.4, -0.2) is 171 Å². The summed E-state index contributed by atoms with van der Waals surface area (Å²) in [6, 6.07) is 5.83. The molecule has 2 saturated heterocycles. The van der Waals surface area contributed by atoms with Crippen LogP contribution in [0.25, 0.3) is 0 Å². The van der Waals surface area contributed by atoms with Crippen LogP contribution in [0.4, 0.5) is 0 Å². The van der Waals surface area contributed by atoms with Crippen LogP contribution in [0.1, 0.15) is 31.0 Å². The number of ether oxygens (including phenoxy) is 2. The van der Waals surface area contributed by atoms with Gasteiger partial charge >= 0.3 is 5.97 Å². The summed E-state index contributed by atoms with van der Waals surface area (Å²) in [6.45, 7) is -0.674. The van der Waals surface area contributed by atoms with E-state index in [0.29, 0.717) is 10.2 Å². The van der Waals surface area contributed by atoms with Gasteiger partial charge in [-0.05, 0) is 12.0 Å². The Hall–Kier alpha value is -4.16. The maximum atomic E-state index is 13.5. The molecule has 2 aliphatic heterocycles. The van der Waals surface area contributed by atoms with Crippen LogP contribution in [0.2, 0.25) is 0 Å². The van der Waals surface area contributed by atoms with Crippen molar-refractivity contribution >= 4 is 23.7 Å². The number of aliphatic hydroxyl groups excluding tert-OH is 8. The second kappa shape index (κ2) is 18.2. The number of benzene rings is 1. The summed E-state index contributed by atoms with van der Waals surface area (Å²) in [5.41, 5.74) is -2.00. The van der Waals surface area contributed by atoms with Crippen LogP contribution < -0.4 is 16.0 Å². The van der Waals surface area contributed by atoms with Gasteiger partial charge in [0.15, 0.2) is 0 Å². The Morgan fingerprint density at radius 1 is 1.02 bits per heavy atom. The van der Waals surface area contributed by atoms with Gasteiger partial charge in [-0.25, -0.2) is 9.48 Å². The Bertz CT molecular complexity index is 1550. The number of hydrogen-bond acceptors (Lipinski definition) is 16. The van der Waals surface area contributed by atoms with Gasteiger partial charge in [0.2, 0.25) is 17.7 Å². The van der Waals surface area contributed by atoms with E-state index in [4.69, 9.17) is 9.47 Å². The zero-order valence-corrected chi connectivity index (χ0v) is 28.6. The third-order valence-corrected chi connectivity index (χ3v) is 9.11. The molecular weight excluding hydrogens is 708 g/mol. The van der Waals surface area contributed by atoms with Gasteiger partial charge in [-0.1, -0.05) is 35.5 Å². The predicted octanol–water partition coefficient (Wildman–Crippen LogP) is -6.00. The SMILES string of the molecule is CC(=O)N[C@H]1[C@H]([C@H](O)[C@H](O)CO)O[C@](C(=O)O)(n2cc(C[C@H](NC(=O)Cc3ccccc3)C(=O)NCC[C@@H]3O[C@H](CO)[C@H](O)[C@H](O)[C@H]3O)nn2)C[C@@H]1O. The van der Waals surface area contributed by atoms with E-state index in [1.807, 2.05) is 0 Å². The van der Waals surface area contributed by atoms with E-state index in [0.717, 1.165) is 13.1 Å². The molecule has 1 aromatic heterocycles. The van der Waals surface area contributed by atoms with Crippen molar-refractivity contribution in [3.63, 3.8) is 0 Å². The second-order valence-corrected chi connectivity index (χ2v) is 13.0. The minimum atomic E-state index is -2.58. The lowest BCUT2D eigenvalue weighted by molar-refractivity contribution is -0.258. The van der Waals surface area contributed by atoms with Crippen molar-refractivity contribution < 1.29 is 74.6 Å². The van der Waals surface area contributed by atoms with E-state index < -0.39 is 116 Å². The topological polar surface area (TPSA) is 336 Å². The van der Waals surface area contributed by atoms with Crippen LogP contribution >= 0.6 is 0 Å². The van der Waals surface area contributed by atoms with Crippen molar-refractivity contribution in [2.75, 3.05) is 19.8 Å². The number of nitrogens with one attached hydrogen (secondary N) is 3. The number of nitrogens with zero attached hydrogens (tertiary/aromatic N) is 3. The lowest BCUT2D eigenvalue weighted by Gasteiger charge is -2.46. The summed E-state index contributed by atoms with van der Waals surface area (Å²) in [6.07, 6.45) is -14.5. The third-order valence-electron chi connectivity index (χ3n) is 9.11. The average Bonchev–Trinajstić information content (AvgIpc) is 3.60. The van der Waals surface area contributed by atoms with Crippen molar-refractivity contribution in [1.29, 1.82) is 0 Å². The highest BCUT2D eigenvalue weighted by Crippen LogP contribution is 2.36. The molecule has 294 valence electrons. The molecule has 2 aromatic rings. The smallest absolute Gasteiger partial charge is 0.359 e. The third kappa shape index (κ3) is 9.89. The van der Waals surface area contributed by atoms with Crippen LogP contribution in [0.5, 0.6) is 0 Å². The standard InChI is InChI=1S/C32H46N6O15/c1-15(41)34-24-19(42)11-32(31(50)51,53-29(24)25(45)20(43)13-39)38-12-17(36-37-38)10-18(35-23(44)9-16-5-3-2-4-6-16)30(49)33-8-7-21-26(46)28(48)27(47)22(14-40)52-21/h2-6,12,18-22,24-29,39-40,42-43,45-48H,7-11,13-14H2,1H3,(H,33,49)(H,34,41)(H,35,44)(H,50,51)/t18-,19-,20+,21-,22+,24+,25+,26-,27-,28+,29+,32+/m0/s1. The highest BCUT2D eigenvalue weighted by Gasteiger charge is 2.56. The van der Waals surface area contributed by atoms with Crippen LogP contribution in [-0.2, 0) is 47.2 Å². The van der Waals surface area contributed by atoms with E-state index in [1.54, 1.807) is 30.3 Å². The Kier molecular flexibility index (Phi) is 14.3. The summed E-state index contributed by atoms with van der Waals surface area (Å²) in [7, 11) is 0. The number of amides is 3. The molecule has 0 saturated carbocycles. The summed E-state index contributed by atoms with van der Waals surface area (Å²) >= 11 is 0. The summed E-state index contributed by atoms with van der Waals surface area (Å²) < 4.78 is 12.0. The molecule has 3 amide bonds. The molecule has 21 nitrogen and oxygen atoms in total. The molecule has 0 spiro atoms. The molecule has 0 radical (unpaired) electrons. The fourth-order valence-electron chi connectivity index (χ4n) is 6.27. The minimum absolute atomic E-state index is 0.0470. The number of carbonyl (C=O) groups excluding carboxylic acids is 3. The maximum Gasteiger partial charge on any atom is 0.359 e. The summed E-state index contributed by atoms with van der Waals surface area (Å²) in [5, 5.41) is 107. The lowest BCUT2D eigenvalue weighted by atomic mass is 9.87. The number of carbonyl (C=O) groups is 4. The number of carboxylic acid groups (broad SMARTS) is 1. The van der Waals surface area contributed by atoms with Crippen molar-refractivity contribution in [2.45, 2.75) is 105 Å². The highest BCUT2D eigenvalue weighted by molar-refractivity contribution is 5.88. The zero-order valence-electron chi connectivity index (χ0n) is 28.6. The average molecular weight is 755 g/mol. The van der Waals surface area contributed by atoms with Crippen LogP contribution in [0.3, 0.4) is 0 Å². The normalized spacial score (nSPS) is 30.4. The van der Waals surface area contributed by atoms with Crippen LogP contribution in [0.15, 0.2) is 36.5 Å². The first-order chi connectivity index (χ1) is 25.1. The molecular formula is C32H46N6O15. The van der Waals surface area contributed by atoms with Crippen molar-refractivity contribution in [1.82, 2.24) is 30.9 Å². The molecule has 1 aromatic carbocycles. The van der Waals surface area contributed by atoms with E-state index in [2.05, 4.69) is 26.3 Å². The summed E-state index contributed by atoms with van der Waals surface area (Å²) in [5.74, 6) is -3.71. The highest BCUT2D eigenvalue weighted by atomic mass is 16.6. The van der Waals surface area contributed by atoms with E-state index in [-0.39, 0.29) is 31.5 Å². The molecule has 12 N–H and O–H groups in total. The first-order valence-corrected chi connectivity index (χ1v) is 16.8. The monoisotopic (exact) mass is 754 g/mol. The molecule has 0 bridgehead atoms. The molecule has 53 heavy (non-hydrogen) atoms. The predicted molar refractivity (Wildman–Crippen MR) is 175 cm³/mol. The Labute approximate surface area is 302 Å².